The van der Waals surface area contributed by atoms with Gasteiger partial charge in [-0.05, 0) is 79.5 Å². The molecule has 4 nitrogen and oxygen atoms in total. The van der Waals surface area contributed by atoms with Gasteiger partial charge in [0.1, 0.15) is 11.9 Å². The van der Waals surface area contributed by atoms with Crippen molar-refractivity contribution in [3.8, 4) is 16.9 Å². The molecule has 31 heavy (non-hydrogen) atoms. The van der Waals surface area contributed by atoms with Gasteiger partial charge in [-0.2, -0.15) is 0 Å². The van der Waals surface area contributed by atoms with Crippen LogP contribution in [-0.4, -0.2) is 19.0 Å². The summed E-state index contributed by atoms with van der Waals surface area (Å²) in [5.74, 6) is 0.208. The van der Waals surface area contributed by atoms with E-state index >= 15 is 0 Å². The molecule has 0 saturated heterocycles. The number of hydrogen-bond donors (Lipinski definition) is 0. The smallest absolute Gasteiger partial charge is 0.441 e. The summed E-state index contributed by atoms with van der Waals surface area (Å²) < 4.78 is 49.3. The second-order valence-electron chi connectivity index (χ2n) is 8.60. The summed E-state index contributed by atoms with van der Waals surface area (Å²) in [6.07, 6.45) is -3.56. The molecule has 0 bridgehead atoms. The Labute approximate surface area is 180 Å². The Morgan fingerprint density at radius 3 is 2.45 bits per heavy atom. The maximum absolute atomic E-state index is 13.1. The Morgan fingerprint density at radius 2 is 1.87 bits per heavy atom. The summed E-state index contributed by atoms with van der Waals surface area (Å²) >= 11 is 0. The number of amides is 1. The van der Waals surface area contributed by atoms with Gasteiger partial charge in [0.05, 0.1) is 5.69 Å². The first-order chi connectivity index (χ1) is 14.6. The van der Waals surface area contributed by atoms with Crippen LogP contribution in [0.4, 0.5) is 23.7 Å². The van der Waals surface area contributed by atoms with E-state index in [9.17, 15) is 18.0 Å². The normalized spacial score (nSPS) is 18.8. The molecule has 4 rings (SSSR count). The van der Waals surface area contributed by atoms with Gasteiger partial charge in [0, 0.05) is 17.7 Å². The van der Waals surface area contributed by atoms with Gasteiger partial charge < -0.3 is 9.47 Å². The van der Waals surface area contributed by atoms with E-state index in [1.807, 2.05) is 33.8 Å². The Bertz CT molecular complexity index is 1010. The standard InChI is InChI=1S/C24H26F3NO3/c1-5-28-20-12-17(14(4)10-19(20)22(13(2)3)30-23(28)29)18-11-16(15-6-7-15)8-9-21(18)31-24(25,26)27/h8-13,15,22H,5-7H2,1-4H3. The van der Waals surface area contributed by atoms with Gasteiger partial charge in [0.15, 0.2) is 0 Å². The molecule has 1 unspecified atom stereocenters. The molecule has 166 valence electrons. The second-order valence-corrected chi connectivity index (χ2v) is 8.60. The Hall–Kier alpha value is -2.70. The van der Waals surface area contributed by atoms with Gasteiger partial charge in [-0.1, -0.05) is 19.9 Å². The summed E-state index contributed by atoms with van der Waals surface area (Å²) in [6.45, 7) is 8.04. The van der Waals surface area contributed by atoms with E-state index < -0.39 is 18.6 Å². The maximum atomic E-state index is 13.1. The van der Waals surface area contributed by atoms with Crippen molar-refractivity contribution in [2.45, 2.75) is 58.9 Å². The molecule has 0 radical (unpaired) electrons. The van der Waals surface area contributed by atoms with E-state index in [1.165, 1.54) is 11.0 Å². The van der Waals surface area contributed by atoms with Crippen LogP contribution >= 0.6 is 0 Å². The molecule has 2 aromatic carbocycles. The van der Waals surface area contributed by atoms with Gasteiger partial charge in [0.25, 0.3) is 0 Å². The minimum absolute atomic E-state index is 0.0641. The fourth-order valence-electron chi connectivity index (χ4n) is 4.24. The van der Waals surface area contributed by atoms with Crippen LogP contribution in [0.3, 0.4) is 0 Å². The minimum Gasteiger partial charge on any atom is -0.441 e. The Morgan fingerprint density at radius 1 is 1.16 bits per heavy atom. The Balaban J connectivity index is 1.90. The van der Waals surface area contributed by atoms with Crippen LogP contribution in [0.5, 0.6) is 5.75 Å². The molecule has 2 aromatic rings. The van der Waals surface area contributed by atoms with Crippen molar-refractivity contribution in [2.24, 2.45) is 5.92 Å². The molecular formula is C24H26F3NO3. The molecule has 1 fully saturated rings. The van der Waals surface area contributed by atoms with E-state index in [4.69, 9.17) is 4.74 Å². The predicted octanol–water partition coefficient (Wildman–Crippen LogP) is 7.11. The average Bonchev–Trinajstić information content (AvgIpc) is 3.52. The predicted molar refractivity (Wildman–Crippen MR) is 112 cm³/mol. The number of rotatable bonds is 5. The lowest BCUT2D eigenvalue weighted by atomic mass is 9.89. The zero-order valence-corrected chi connectivity index (χ0v) is 18.0. The first kappa shape index (κ1) is 21.5. The van der Waals surface area contributed by atoms with Gasteiger partial charge in [-0.25, -0.2) is 4.79 Å². The summed E-state index contributed by atoms with van der Waals surface area (Å²) in [7, 11) is 0. The molecule has 0 aromatic heterocycles. The zero-order valence-electron chi connectivity index (χ0n) is 18.0. The number of aryl methyl sites for hydroxylation is 1. The average molecular weight is 433 g/mol. The molecule has 1 atom stereocenters. The van der Waals surface area contributed by atoms with Crippen LogP contribution in [0, 0.1) is 12.8 Å². The molecule has 1 heterocycles. The third-order valence-electron chi connectivity index (χ3n) is 5.91. The molecule has 2 aliphatic rings. The van der Waals surface area contributed by atoms with E-state index in [2.05, 4.69) is 4.74 Å². The number of alkyl halides is 3. The molecule has 1 amide bonds. The third-order valence-corrected chi connectivity index (χ3v) is 5.91. The molecule has 1 saturated carbocycles. The van der Waals surface area contributed by atoms with E-state index in [0.29, 0.717) is 29.3 Å². The first-order valence-corrected chi connectivity index (χ1v) is 10.6. The number of hydrogen-bond acceptors (Lipinski definition) is 3. The molecule has 0 spiro atoms. The van der Waals surface area contributed by atoms with Crippen molar-refractivity contribution in [2.75, 3.05) is 11.4 Å². The van der Waals surface area contributed by atoms with Crippen molar-refractivity contribution in [1.82, 2.24) is 0 Å². The van der Waals surface area contributed by atoms with Crippen molar-refractivity contribution >= 4 is 11.8 Å². The number of anilines is 1. The third kappa shape index (κ3) is 4.23. The van der Waals surface area contributed by atoms with Gasteiger partial charge in [0.2, 0.25) is 0 Å². The SMILES string of the molecule is CCN1C(=O)OC(C(C)C)c2cc(C)c(-c3cc(C4CC4)ccc3OC(F)(F)F)cc21. The number of fused-ring (bicyclic) bond motifs is 1. The fourth-order valence-corrected chi connectivity index (χ4v) is 4.24. The summed E-state index contributed by atoms with van der Waals surface area (Å²) in [5, 5.41) is 0. The highest BCUT2D eigenvalue weighted by Gasteiger charge is 2.36. The molecule has 1 aliphatic heterocycles. The summed E-state index contributed by atoms with van der Waals surface area (Å²) in [5.41, 5.74) is 4.36. The largest absolute Gasteiger partial charge is 0.573 e. The summed E-state index contributed by atoms with van der Waals surface area (Å²) in [6, 6.07) is 8.63. The number of benzene rings is 2. The van der Waals surface area contributed by atoms with E-state index in [1.54, 1.807) is 18.2 Å². The van der Waals surface area contributed by atoms with Crippen molar-refractivity contribution in [3.05, 3.63) is 47.0 Å². The summed E-state index contributed by atoms with van der Waals surface area (Å²) in [4.78, 5) is 14.1. The van der Waals surface area contributed by atoms with Crippen LogP contribution in [0.2, 0.25) is 0 Å². The minimum atomic E-state index is -4.79. The lowest BCUT2D eigenvalue weighted by molar-refractivity contribution is -0.274. The van der Waals surface area contributed by atoms with Crippen LogP contribution in [-0.2, 0) is 4.74 Å². The van der Waals surface area contributed by atoms with Gasteiger partial charge in [-0.15, -0.1) is 13.2 Å². The number of halogens is 3. The first-order valence-electron chi connectivity index (χ1n) is 10.6. The number of carbonyl (C=O) groups is 1. The van der Waals surface area contributed by atoms with Crippen molar-refractivity contribution < 1.29 is 27.4 Å². The van der Waals surface area contributed by atoms with Crippen LogP contribution in [0.1, 0.15) is 62.3 Å². The number of carbonyl (C=O) groups excluding carboxylic acids is 1. The maximum Gasteiger partial charge on any atom is 0.573 e. The molecular weight excluding hydrogens is 407 g/mol. The molecule has 7 heteroatoms. The van der Waals surface area contributed by atoms with Crippen molar-refractivity contribution in [3.63, 3.8) is 0 Å². The molecule has 0 N–H and O–H groups in total. The highest BCUT2D eigenvalue weighted by Crippen LogP contribution is 2.47. The van der Waals surface area contributed by atoms with E-state index in [-0.39, 0.29) is 11.7 Å². The van der Waals surface area contributed by atoms with E-state index in [0.717, 1.165) is 29.5 Å². The number of cyclic esters (lactones) is 1. The fraction of sp³-hybridized carbons (Fsp3) is 0.458. The van der Waals surface area contributed by atoms with Gasteiger partial charge in [-0.3, -0.25) is 4.90 Å². The van der Waals surface area contributed by atoms with Crippen LogP contribution in [0.25, 0.3) is 11.1 Å². The highest BCUT2D eigenvalue weighted by atomic mass is 19.4. The quantitative estimate of drug-likeness (QED) is 0.504. The van der Waals surface area contributed by atoms with Gasteiger partial charge >= 0.3 is 12.5 Å². The number of ether oxygens (including phenoxy) is 2. The number of nitrogens with zero attached hydrogens (tertiary/aromatic N) is 1. The zero-order chi connectivity index (χ0) is 22.5. The second kappa shape index (κ2) is 7.77. The lowest BCUT2D eigenvalue weighted by Crippen LogP contribution is -2.38. The Kier molecular flexibility index (Phi) is 5.40. The monoisotopic (exact) mass is 433 g/mol. The molecule has 1 aliphatic carbocycles. The topological polar surface area (TPSA) is 38.8 Å². The van der Waals surface area contributed by atoms with Crippen LogP contribution < -0.4 is 9.64 Å². The lowest BCUT2D eigenvalue weighted by Gasteiger charge is -2.36. The van der Waals surface area contributed by atoms with Crippen LogP contribution in [0.15, 0.2) is 30.3 Å². The van der Waals surface area contributed by atoms with Crippen molar-refractivity contribution in [1.29, 1.82) is 0 Å². The highest BCUT2D eigenvalue weighted by molar-refractivity contribution is 5.93.